The summed E-state index contributed by atoms with van der Waals surface area (Å²) >= 11 is 11.8. The van der Waals surface area contributed by atoms with Crippen molar-refractivity contribution >= 4 is 34.8 Å². The van der Waals surface area contributed by atoms with E-state index in [4.69, 9.17) is 23.2 Å². The average Bonchev–Trinajstić information content (AvgIpc) is 2.44. The Morgan fingerprint density at radius 3 is 2.52 bits per heavy atom. The number of phenols is 1. The summed E-state index contributed by atoms with van der Waals surface area (Å²) in [4.78, 5) is 14.0. The zero-order chi connectivity index (χ0) is 15.4. The number of aromatic hydroxyl groups is 1. The van der Waals surface area contributed by atoms with Crippen molar-refractivity contribution in [3.63, 3.8) is 0 Å². The van der Waals surface area contributed by atoms with E-state index in [1.165, 1.54) is 0 Å². The number of nitrogens with zero attached hydrogens (tertiary/aromatic N) is 1. The number of likely N-dealkylation sites (N-methyl/N-ethyl adjacent to an activating group) is 1. The molecule has 21 heavy (non-hydrogen) atoms. The van der Waals surface area contributed by atoms with Crippen molar-refractivity contribution in [2.24, 2.45) is 0 Å². The Kier molecular flexibility index (Phi) is 5.10. The minimum absolute atomic E-state index is 0.0681. The third kappa shape index (κ3) is 3.90. The molecule has 0 aliphatic heterocycles. The van der Waals surface area contributed by atoms with Gasteiger partial charge >= 0.3 is 0 Å². The molecule has 110 valence electrons. The van der Waals surface area contributed by atoms with Crippen LogP contribution in [0.2, 0.25) is 10.0 Å². The van der Waals surface area contributed by atoms with Gasteiger partial charge in [0.1, 0.15) is 5.75 Å². The number of carbonyl (C=O) groups excluding carboxylic acids is 1. The molecule has 0 saturated carbocycles. The summed E-state index contributed by atoms with van der Waals surface area (Å²) in [5, 5.41) is 10.4. The Hall–Kier alpha value is -1.71. The monoisotopic (exact) mass is 323 g/mol. The molecule has 1 N–H and O–H groups in total. The number of hydrogen-bond donors (Lipinski definition) is 1. The minimum atomic E-state index is -0.0681. The molecular weight excluding hydrogens is 309 g/mol. The first-order chi connectivity index (χ1) is 10.0. The van der Waals surface area contributed by atoms with Crippen LogP contribution in [0.4, 0.5) is 5.69 Å². The SMILES string of the molecule is CCN(C(=O)Cc1ccc(Cl)c(Cl)c1)c1cccc(O)c1. The van der Waals surface area contributed by atoms with Gasteiger partial charge in [0.15, 0.2) is 0 Å². The highest BCUT2D eigenvalue weighted by Gasteiger charge is 2.15. The van der Waals surface area contributed by atoms with Gasteiger partial charge in [-0.15, -0.1) is 0 Å². The van der Waals surface area contributed by atoms with Crippen molar-refractivity contribution in [1.29, 1.82) is 0 Å². The third-order valence-corrected chi connectivity index (χ3v) is 3.84. The zero-order valence-electron chi connectivity index (χ0n) is 11.5. The molecule has 0 fully saturated rings. The Labute approximate surface area is 133 Å². The van der Waals surface area contributed by atoms with Crippen LogP contribution in [-0.2, 0) is 11.2 Å². The molecule has 0 heterocycles. The second-order valence-corrected chi connectivity index (χ2v) is 5.40. The minimum Gasteiger partial charge on any atom is -0.508 e. The van der Waals surface area contributed by atoms with Crippen LogP contribution in [-0.4, -0.2) is 17.6 Å². The van der Waals surface area contributed by atoms with Crippen LogP contribution in [0.1, 0.15) is 12.5 Å². The van der Waals surface area contributed by atoms with E-state index in [-0.39, 0.29) is 18.1 Å². The molecule has 0 bridgehead atoms. The normalized spacial score (nSPS) is 10.4. The molecule has 0 spiro atoms. The van der Waals surface area contributed by atoms with Gasteiger partial charge < -0.3 is 10.0 Å². The molecule has 5 heteroatoms. The number of phenolic OH excluding ortho intramolecular Hbond substituents is 1. The summed E-state index contributed by atoms with van der Waals surface area (Å²) in [6.45, 7) is 2.40. The van der Waals surface area contributed by atoms with Crippen LogP contribution in [0, 0.1) is 0 Å². The lowest BCUT2D eigenvalue weighted by atomic mass is 10.1. The Morgan fingerprint density at radius 2 is 1.90 bits per heavy atom. The highest BCUT2D eigenvalue weighted by Crippen LogP contribution is 2.24. The maximum Gasteiger partial charge on any atom is 0.231 e. The molecule has 0 unspecified atom stereocenters. The molecule has 0 radical (unpaired) electrons. The van der Waals surface area contributed by atoms with Crippen LogP contribution < -0.4 is 4.90 Å². The lowest BCUT2D eigenvalue weighted by Crippen LogP contribution is -2.31. The molecule has 0 saturated heterocycles. The van der Waals surface area contributed by atoms with E-state index in [1.807, 2.05) is 6.92 Å². The van der Waals surface area contributed by atoms with Gasteiger partial charge in [0.05, 0.1) is 16.5 Å². The fraction of sp³-hybridized carbons (Fsp3) is 0.188. The van der Waals surface area contributed by atoms with E-state index in [0.29, 0.717) is 22.3 Å². The van der Waals surface area contributed by atoms with Gasteiger partial charge in [-0.25, -0.2) is 0 Å². The third-order valence-electron chi connectivity index (χ3n) is 3.10. The largest absolute Gasteiger partial charge is 0.508 e. The number of hydrogen-bond acceptors (Lipinski definition) is 2. The number of benzene rings is 2. The molecule has 2 aromatic rings. The van der Waals surface area contributed by atoms with Gasteiger partial charge in [0.25, 0.3) is 0 Å². The Bertz CT molecular complexity index is 658. The van der Waals surface area contributed by atoms with E-state index < -0.39 is 0 Å². The highest BCUT2D eigenvalue weighted by molar-refractivity contribution is 6.42. The molecule has 1 amide bonds. The first kappa shape index (κ1) is 15.7. The summed E-state index contributed by atoms with van der Waals surface area (Å²) in [7, 11) is 0. The van der Waals surface area contributed by atoms with E-state index in [9.17, 15) is 9.90 Å². The predicted molar refractivity (Wildman–Crippen MR) is 86.3 cm³/mol. The molecule has 0 aliphatic carbocycles. The summed E-state index contributed by atoms with van der Waals surface area (Å²) in [5.74, 6) is 0.0646. The van der Waals surface area contributed by atoms with Crippen molar-refractivity contribution in [1.82, 2.24) is 0 Å². The Morgan fingerprint density at radius 1 is 1.14 bits per heavy atom. The fourth-order valence-electron chi connectivity index (χ4n) is 2.08. The van der Waals surface area contributed by atoms with Crippen LogP contribution in [0.25, 0.3) is 0 Å². The smallest absolute Gasteiger partial charge is 0.231 e. The quantitative estimate of drug-likeness (QED) is 0.911. The number of amides is 1. The maximum absolute atomic E-state index is 12.4. The molecule has 2 aromatic carbocycles. The van der Waals surface area contributed by atoms with Crippen molar-refractivity contribution in [3.8, 4) is 5.75 Å². The number of anilines is 1. The lowest BCUT2D eigenvalue weighted by Gasteiger charge is -2.21. The van der Waals surface area contributed by atoms with Gasteiger partial charge in [-0.05, 0) is 36.8 Å². The lowest BCUT2D eigenvalue weighted by molar-refractivity contribution is -0.117. The van der Waals surface area contributed by atoms with E-state index in [0.717, 1.165) is 5.56 Å². The van der Waals surface area contributed by atoms with Crippen LogP contribution >= 0.6 is 23.2 Å². The molecule has 0 aromatic heterocycles. The summed E-state index contributed by atoms with van der Waals surface area (Å²) in [5.41, 5.74) is 1.47. The zero-order valence-corrected chi connectivity index (χ0v) is 13.0. The fourth-order valence-corrected chi connectivity index (χ4v) is 2.40. The van der Waals surface area contributed by atoms with Crippen molar-refractivity contribution < 1.29 is 9.90 Å². The van der Waals surface area contributed by atoms with Crippen LogP contribution in [0.3, 0.4) is 0 Å². The van der Waals surface area contributed by atoms with Gasteiger partial charge in [0, 0.05) is 18.3 Å². The standard InChI is InChI=1S/C16H15Cl2NO2/c1-2-19(12-4-3-5-13(20)10-12)16(21)9-11-6-7-14(17)15(18)8-11/h3-8,10,20H,2,9H2,1H3. The maximum atomic E-state index is 12.4. The van der Waals surface area contributed by atoms with Gasteiger partial charge in [-0.3, -0.25) is 4.79 Å². The molecule has 0 aliphatic rings. The van der Waals surface area contributed by atoms with E-state index >= 15 is 0 Å². The van der Waals surface area contributed by atoms with Gasteiger partial charge in [-0.1, -0.05) is 35.3 Å². The first-order valence-electron chi connectivity index (χ1n) is 6.54. The van der Waals surface area contributed by atoms with Crippen LogP contribution in [0.5, 0.6) is 5.75 Å². The Balaban J connectivity index is 2.18. The molecule has 0 atom stereocenters. The van der Waals surface area contributed by atoms with E-state index in [1.54, 1.807) is 47.4 Å². The highest BCUT2D eigenvalue weighted by atomic mass is 35.5. The second kappa shape index (κ2) is 6.83. The van der Waals surface area contributed by atoms with Gasteiger partial charge in [0.2, 0.25) is 5.91 Å². The van der Waals surface area contributed by atoms with Gasteiger partial charge in [-0.2, -0.15) is 0 Å². The van der Waals surface area contributed by atoms with E-state index in [2.05, 4.69) is 0 Å². The number of halogens is 2. The molecule has 3 nitrogen and oxygen atoms in total. The van der Waals surface area contributed by atoms with Crippen LogP contribution in [0.15, 0.2) is 42.5 Å². The molecular formula is C16H15Cl2NO2. The second-order valence-electron chi connectivity index (χ2n) is 4.58. The molecule has 2 rings (SSSR count). The average molecular weight is 324 g/mol. The number of carbonyl (C=O) groups is 1. The van der Waals surface area contributed by atoms with Crippen molar-refractivity contribution in [2.45, 2.75) is 13.3 Å². The number of rotatable bonds is 4. The summed E-state index contributed by atoms with van der Waals surface area (Å²) in [6.07, 6.45) is 0.223. The summed E-state index contributed by atoms with van der Waals surface area (Å²) < 4.78 is 0. The van der Waals surface area contributed by atoms with Crippen molar-refractivity contribution in [3.05, 3.63) is 58.1 Å². The first-order valence-corrected chi connectivity index (χ1v) is 7.30. The predicted octanol–water partition coefficient (Wildman–Crippen LogP) is 4.29. The topological polar surface area (TPSA) is 40.5 Å². The van der Waals surface area contributed by atoms with Crippen molar-refractivity contribution in [2.75, 3.05) is 11.4 Å². The summed E-state index contributed by atoms with van der Waals surface area (Å²) in [6, 6.07) is 11.8.